The van der Waals surface area contributed by atoms with Crippen molar-refractivity contribution in [2.24, 2.45) is 0 Å². The highest BCUT2D eigenvalue weighted by Gasteiger charge is 2.05. The van der Waals surface area contributed by atoms with Crippen molar-refractivity contribution < 1.29 is 19.1 Å². The Kier molecular flexibility index (Phi) is 5.50. The SMILES string of the molecule is CCOC(=O)Nc1cccc(NC(=O)OCC)c1. The number of hydrogen-bond donors (Lipinski definition) is 2. The molecular formula is C12H16N2O4. The second-order valence-electron chi connectivity index (χ2n) is 3.27. The van der Waals surface area contributed by atoms with Gasteiger partial charge in [0, 0.05) is 11.4 Å². The first-order chi connectivity index (χ1) is 8.65. The fourth-order valence-electron chi connectivity index (χ4n) is 1.24. The molecule has 0 atom stereocenters. The smallest absolute Gasteiger partial charge is 0.411 e. The van der Waals surface area contributed by atoms with E-state index in [9.17, 15) is 9.59 Å². The quantitative estimate of drug-likeness (QED) is 0.863. The van der Waals surface area contributed by atoms with Crippen LogP contribution in [0.25, 0.3) is 0 Å². The van der Waals surface area contributed by atoms with Crippen LogP contribution in [0.1, 0.15) is 13.8 Å². The summed E-state index contributed by atoms with van der Waals surface area (Å²) in [6.07, 6.45) is -1.07. The van der Waals surface area contributed by atoms with Crippen LogP contribution in [0.3, 0.4) is 0 Å². The van der Waals surface area contributed by atoms with Gasteiger partial charge in [-0.15, -0.1) is 0 Å². The normalized spacial score (nSPS) is 9.44. The maximum atomic E-state index is 11.2. The van der Waals surface area contributed by atoms with Gasteiger partial charge in [0.25, 0.3) is 0 Å². The number of hydrogen-bond acceptors (Lipinski definition) is 4. The van der Waals surface area contributed by atoms with Gasteiger partial charge >= 0.3 is 12.2 Å². The van der Waals surface area contributed by atoms with Gasteiger partial charge in [0.1, 0.15) is 0 Å². The Morgan fingerprint density at radius 2 is 1.44 bits per heavy atom. The van der Waals surface area contributed by atoms with Crippen molar-refractivity contribution in [1.29, 1.82) is 0 Å². The number of ether oxygens (including phenoxy) is 2. The Morgan fingerprint density at radius 1 is 1.00 bits per heavy atom. The van der Waals surface area contributed by atoms with E-state index in [1.54, 1.807) is 38.1 Å². The first kappa shape index (κ1) is 13.8. The molecule has 98 valence electrons. The van der Waals surface area contributed by atoms with Crippen LogP contribution < -0.4 is 10.6 Å². The van der Waals surface area contributed by atoms with E-state index < -0.39 is 12.2 Å². The third-order valence-electron chi connectivity index (χ3n) is 1.91. The minimum absolute atomic E-state index is 0.298. The summed E-state index contributed by atoms with van der Waals surface area (Å²) in [5, 5.41) is 5.07. The van der Waals surface area contributed by atoms with Gasteiger partial charge in [-0.25, -0.2) is 9.59 Å². The Labute approximate surface area is 105 Å². The van der Waals surface area contributed by atoms with Gasteiger partial charge in [-0.1, -0.05) is 6.07 Å². The molecule has 0 aromatic heterocycles. The third kappa shape index (κ3) is 4.73. The summed E-state index contributed by atoms with van der Waals surface area (Å²) in [7, 11) is 0. The number of rotatable bonds is 4. The van der Waals surface area contributed by atoms with Crippen molar-refractivity contribution in [3.63, 3.8) is 0 Å². The number of amides is 2. The van der Waals surface area contributed by atoms with Gasteiger partial charge in [-0.2, -0.15) is 0 Å². The Bertz CT molecular complexity index is 385. The summed E-state index contributed by atoms with van der Waals surface area (Å²) in [4.78, 5) is 22.4. The zero-order chi connectivity index (χ0) is 13.4. The molecule has 0 saturated heterocycles. The van der Waals surface area contributed by atoms with Crippen LogP contribution in [-0.4, -0.2) is 25.4 Å². The molecule has 0 fully saturated rings. The van der Waals surface area contributed by atoms with Crippen LogP contribution >= 0.6 is 0 Å². The first-order valence-corrected chi connectivity index (χ1v) is 5.63. The molecule has 6 nitrogen and oxygen atoms in total. The van der Waals surface area contributed by atoms with Crippen LogP contribution in [0.4, 0.5) is 21.0 Å². The molecule has 0 radical (unpaired) electrons. The number of carbonyl (C=O) groups is 2. The zero-order valence-electron chi connectivity index (χ0n) is 10.4. The summed E-state index contributed by atoms with van der Waals surface area (Å²) in [6.45, 7) is 4.04. The van der Waals surface area contributed by atoms with Crippen molar-refractivity contribution in [3.05, 3.63) is 24.3 Å². The fourth-order valence-corrected chi connectivity index (χ4v) is 1.24. The summed E-state index contributed by atoms with van der Waals surface area (Å²) in [6, 6.07) is 6.68. The van der Waals surface area contributed by atoms with Gasteiger partial charge in [-0.3, -0.25) is 10.6 Å². The van der Waals surface area contributed by atoms with Crippen LogP contribution in [-0.2, 0) is 9.47 Å². The molecule has 6 heteroatoms. The topological polar surface area (TPSA) is 76.7 Å². The molecule has 0 aliphatic heterocycles. The highest BCUT2D eigenvalue weighted by molar-refractivity contribution is 5.88. The van der Waals surface area contributed by atoms with Crippen LogP contribution in [0.5, 0.6) is 0 Å². The van der Waals surface area contributed by atoms with Crippen LogP contribution in [0.15, 0.2) is 24.3 Å². The molecule has 0 heterocycles. The molecule has 1 aromatic carbocycles. The average molecular weight is 252 g/mol. The molecule has 0 bridgehead atoms. The summed E-state index contributed by atoms with van der Waals surface area (Å²) in [5.41, 5.74) is 1.06. The van der Waals surface area contributed by atoms with Crippen molar-refractivity contribution >= 4 is 23.6 Å². The zero-order valence-corrected chi connectivity index (χ0v) is 10.4. The Balaban J connectivity index is 2.61. The summed E-state index contributed by atoms with van der Waals surface area (Å²) < 4.78 is 9.49. The molecule has 0 spiro atoms. The van der Waals surface area contributed by atoms with E-state index in [1.807, 2.05) is 0 Å². The van der Waals surface area contributed by atoms with Gasteiger partial charge < -0.3 is 9.47 Å². The van der Waals surface area contributed by atoms with E-state index in [2.05, 4.69) is 10.6 Å². The minimum atomic E-state index is -0.536. The standard InChI is InChI=1S/C12H16N2O4/c1-3-17-11(15)13-9-6-5-7-10(8-9)14-12(16)18-4-2/h5-8H,3-4H2,1-2H3,(H,13,15)(H,14,16). The number of carbonyl (C=O) groups excluding carboxylic acids is 2. The van der Waals surface area contributed by atoms with Crippen molar-refractivity contribution in [3.8, 4) is 0 Å². The highest BCUT2D eigenvalue weighted by Crippen LogP contribution is 2.15. The Hall–Kier alpha value is -2.24. The maximum Gasteiger partial charge on any atom is 0.411 e. The summed E-state index contributed by atoms with van der Waals surface area (Å²) >= 11 is 0. The van der Waals surface area contributed by atoms with Crippen LogP contribution in [0.2, 0.25) is 0 Å². The molecule has 2 N–H and O–H groups in total. The second kappa shape index (κ2) is 7.16. The molecule has 0 aliphatic carbocycles. The third-order valence-corrected chi connectivity index (χ3v) is 1.91. The fraction of sp³-hybridized carbons (Fsp3) is 0.333. The van der Waals surface area contributed by atoms with E-state index in [0.717, 1.165) is 0 Å². The van der Waals surface area contributed by atoms with Crippen molar-refractivity contribution in [1.82, 2.24) is 0 Å². The lowest BCUT2D eigenvalue weighted by Crippen LogP contribution is -2.15. The van der Waals surface area contributed by atoms with Crippen molar-refractivity contribution in [2.45, 2.75) is 13.8 Å². The molecule has 0 saturated carbocycles. The van der Waals surface area contributed by atoms with E-state index in [0.29, 0.717) is 24.6 Å². The molecule has 2 amide bonds. The monoisotopic (exact) mass is 252 g/mol. The van der Waals surface area contributed by atoms with Gasteiger partial charge in [0.2, 0.25) is 0 Å². The minimum Gasteiger partial charge on any atom is -0.450 e. The molecule has 1 aromatic rings. The lowest BCUT2D eigenvalue weighted by molar-refractivity contribution is 0.167. The number of nitrogens with one attached hydrogen (secondary N) is 2. The van der Waals surface area contributed by atoms with E-state index in [4.69, 9.17) is 9.47 Å². The van der Waals surface area contributed by atoms with Crippen molar-refractivity contribution in [2.75, 3.05) is 23.8 Å². The van der Waals surface area contributed by atoms with E-state index in [1.165, 1.54) is 0 Å². The average Bonchev–Trinajstić information content (AvgIpc) is 2.29. The van der Waals surface area contributed by atoms with E-state index >= 15 is 0 Å². The molecule has 18 heavy (non-hydrogen) atoms. The van der Waals surface area contributed by atoms with Crippen LogP contribution in [0, 0.1) is 0 Å². The lowest BCUT2D eigenvalue weighted by Gasteiger charge is -2.08. The largest absolute Gasteiger partial charge is 0.450 e. The van der Waals surface area contributed by atoms with Gasteiger partial charge in [0.15, 0.2) is 0 Å². The predicted octanol–water partition coefficient (Wildman–Crippen LogP) is 2.82. The first-order valence-electron chi connectivity index (χ1n) is 5.63. The number of anilines is 2. The second-order valence-corrected chi connectivity index (χ2v) is 3.27. The number of benzene rings is 1. The molecular weight excluding hydrogens is 236 g/mol. The maximum absolute atomic E-state index is 11.2. The predicted molar refractivity (Wildman–Crippen MR) is 67.7 cm³/mol. The summed E-state index contributed by atoms with van der Waals surface area (Å²) in [5.74, 6) is 0. The van der Waals surface area contributed by atoms with E-state index in [-0.39, 0.29) is 0 Å². The van der Waals surface area contributed by atoms with Gasteiger partial charge in [0.05, 0.1) is 13.2 Å². The highest BCUT2D eigenvalue weighted by atomic mass is 16.6. The lowest BCUT2D eigenvalue weighted by atomic mass is 10.3. The molecule has 1 rings (SSSR count). The molecule has 0 unspecified atom stereocenters. The Morgan fingerprint density at radius 3 is 1.83 bits per heavy atom. The van der Waals surface area contributed by atoms with Gasteiger partial charge in [-0.05, 0) is 32.0 Å². The molecule has 0 aliphatic rings.